The Morgan fingerprint density at radius 3 is 2.76 bits per heavy atom. The lowest BCUT2D eigenvalue weighted by atomic mass is 9.84. The van der Waals surface area contributed by atoms with Crippen molar-refractivity contribution in [2.45, 2.75) is 52.1 Å². The van der Waals surface area contributed by atoms with E-state index < -0.39 is 11.3 Å². The van der Waals surface area contributed by atoms with E-state index in [1.165, 1.54) is 11.3 Å². The third-order valence-corrected chi connectivity index (χ3v) is 8.01. The number of aromatic nitrogens is 2. The van der Waals surface area contributed by atoms with Crippen LogP contribution in [0.2, 0.25) is 5.02 Å². The molecule has 1 aromatic carbocycles. The van der Waals surface area contributed by atoms with Crippen molar-refractivity contribution in [3.8, 4) is 5.75 Å². The average Bonchev–Trinajstić information content (AvgIpc) is 3.08. The normalized spacial score (nSPS) is 21.2. The van der Waals surface area contributed by atoms with Gasteiger partial charge in [-0.05, 0) is 49.9 Å². The molecule has 2 aromatic rings. The van der Waals surface area contributed by atoms with Crippen molar-refractivity contribution < 1.29 is 13.5 Å². The molecule has 4 rings (SSSR count). The van der Waals surface area contributed by atoms with Crippen LogP contribution in [-0.4, -0.2) is 69.5 Å². The first kappa shape index (κ1) is 27.8. The summed E-state index contributed by atoms with van der Waals surface area (Å²) in [5, 5.41) is 7.21. The highest BCUT2D eigenvalue weighted by Crippen LogP contribution is 2.37. The Bertz CT molecular complexity index is 1090. The minimum Gasteiger partial charge on any atom is -0.760 e. The Balaban J connectivity index is 1.57. The van der Waals surface area contributed by atoms with E-state index in [9.17, 15) is 8.76 Å². The third kappa shape index (κ3) is 7.02. The highest BCUT2D eigenvalue weighted by molar-refractivity contribution is 7.77. The molecule has 0 amide bonds. The van der Waals surface area contributed by atoms with Gasteiger partial charge in [-0.3, -0.25) is 9.11 Å². The van der Waals surface area contributed by atoms with Gasteiger partial charge in [0.15, 0.2) is 5.82 Å². The van der Waals surface area contributed by atoms with E-state index in [-0.39, 0.29) is 12.0 Å². The maximum absolute atomic E-state index is 11.0. The fraction of sp³-hybridized carbons (Fsp3) is 0.600. The van der Waals surface area contributed by atoms with Crippen LogP contribution >= 0.6 is 11.6 Å². The number of benzene rings is 1. The van der Waals surface area contributed by atoms with Crippen LogP contribution in [0.15, 0.2) is 18.3 Å². The zero-order chi connectivity index (χ0) is 26.4. The van der Waals surface area contributed by atoms with Gasteiger partial charge in [-0.15, -0.1) is 0 Å². The molecule has 1 aliphatic carbocycles. The second kappa shape index (κ2) is 13.1. The van der Waals surface area contributed by atoms with E-state index in [1.54, 1.807) is 13.3 Å². The maximum atomic E-state index is 11.0. The summed E-state index contributed by atoms with van der Waals surface area (Å²) in [7, 11) is 1.67. The molecule has 0 radical (unpaired) electrons. The van der Waals surface area contributed by atoms with E-state index in [0.29, 0.717) is 23.3 Å². The van der Waals surface area contributed by atoms with Crippen LogP contribution in [0.25, 0.3) is 0 Å². The van der Waals surface area contributed by atoms with E-state index in [4.69, 9.17) is 16.3 Å². The van der Waals surface area contributed by atoms with Gasteiger partial charge < -0.3 is 24.8 Å². The number of fused-ring (bicyclic) bond motifs is 1. The Labute approximate surface area is 226 Å². The van der Waals surface area contributed by atoms with Crippen molar-refractivity contribution in [1.29, 1.82) is 0 Å². The van der Waals surface area contributed by atoms with Gasteiger partial charge >= 0.3 is 0 Å². The quantitative estimate of drug-likeness (QED) is 0.378. The first-order valence-corrected chi connectivity index (χ1v) is 14.4. The van der Waals surface area contributed by atoms with Crippen molar-refractivity contribution in [2.75, 3.05) is 55.4 Å². The summed E-state index contributed by atoms with van der Waals surface area (Å²) >= 11 is 4.19. The molecule has 2 aliphatic rings. The molecular formula is C25H37ClN7O3S-. The fourth-order valence-corrected chi connectivity index (χ4v) is 5.74. The predicted octanol–water partition coefficient (Wildman–Crippen LogP) is 3.90. The van der Waals surface area contributed by atoms with Crippen LogP contribution in [0.3, 0.4) is 0 Å². The second-order valence-corrected chi connectivity index (χ2v) is 10.7. The van der Waals surface area contributed by atoms with Gasteiger partial charge in [0.25, 0.3) is 0 Å². The minimum atomic E-state index is -2.28. The molecule has 2 heterocycles. The molecule has 3 atom stereocenters. The van der Waals surface area contributed by atoms with E-state index in [0.717, 1.165) is 69.8 Å². The molecule has 204 valence electrons. The maximum Gasteiger partial charge on any atom is 0.229 e. The van der Waals surface area contributed by atoms with Crippen LogP contribution in [0.5, 0.6) is 5.75 Å². The molecule has 1 fully saturated rings. The van der Waals surface area contributed by atoms with Crippen molar-refractivity contribution in [2.24, 2.45) is 5.92 Å². The van der Waals surface area contributed by atoms with Gasteiger partial charge in [0.1, 0.15) is 10.8 Å². The number of ether oxygens (including phenoxy) is 1. The smallest absolute Gasteiger partial charge is 0.229 e. The molecular weight excluding hydrogens is 514 g/mol. The number of hydrogen-bond acceptors (Lipinski definition) is 9. The summed E-state index contributed by atoms with van der Waals surface area (Å²) in [5.41, 5.74) is 3.21. The number of hydrogen-bond donors (Lipinski definition) is 3. The van der Waals surface area contributed by atoms with Gasteiger partial charge in [0, 0.05) is 55.7 Å². The van der Waals surface area contributed by atoms with Crippen LogP contribution in [-0.2, 0) is 17.8 Å². The van der Waals surface area contributed by atoms with Crippen LogP contribution in [0.4, 0.5) is 23.1 Å². The van der Waals surface area contributed by atoms with Crippen molar-refractivity contribution in [1.82, 2.24) is 19.6 Å². The zero-order valence-corrected chi connectivity index (χ0v) is 23.3. The largest absolute Gasteiger partial charge is 0.760 e. The first-order chi connectivity index (χ1) is 17.9. The standard InChI is InChI=1S/C25H38ClN7O3S/c1-4-32-10-11-33(5-2)22-13-21(23(36-3)12-18(22)16-32)30-25-27-15-19(26)24(31-25)29-20-9-7-6-8-17(20)14-28-37(34)35/h12-13,15,17,20,28H,4-11,14,16H2,1-3H3,(H,34,35)(H2,27,29,30,31)/p-1/t17-,20-/m1/s1. The van der Waals surface area contributed by atoms with Crippen molar-refractivity contribution >= 4 is 46.0 Å². The highest BCUT2D eigenvalue weighted by Gasteiger charge is 2.26. The summed E-state index contributed by atoms with van der Waals surface area (Å²) in [6, 6.07) is 4.28. The molecule has 1 unspecified atom stereocenters. The fourth-order valence-electron chi connectivity index (χ4n) is 5.24. The summed E-state index contributed by atoms with van der Waals surface area (Å²) in [5.74, 6) is 1.82. The summed E-state index contributed by atoms with van der Waals surface area (Å²) in [4.78, 5) is 13.9. The first-order valence-electron chi connectivity index (χ1n) is 13.0. The second-order valence-electron chi connectivity index (χ2n) is 9.52. The van der Waals surface area contributed by atoms with Gasteiger partial charge in [-0.25, -0.2) is 9.71 Å². The number of halogens is 1. The van der Waals surface area contributed by atoms with Crippen molar-refractivity contribution in [3.05, 3.63) is 28.9 Å². The van der Waals surface area contributed by atoms with Gasteiger partial charge in [0.05, 0.1) is 19.0 Å². The third-order valence-electron chi connectivity index (χ3n) is 7.34. The van der Waals surface area contributed by atoms with Gasteiger partial charge in [-0.1, -0.05) is 31.4 Å². The van der Waals surface area contributed by atoms with Gasteiger partial charge in [0.2, 0.25) is 5.95 Å². The number of rotatable bonds is 10. The number of methoxy groups -OCH3 is 1. The van der Waals surface area contributed by atoms with E-state index in [1.807, 2.05) is 0 Å². The molecule has 37 heavy (non-hydrogen) atoms. The lowest BCUT2D eigenvalue weighted by Crippen LogP contribution is -2.39. The molecule has 1 saturated carbocycles. The number of nitrogens with one attached hydrogen (secondary N) is 3. The monoisotopic (exact) mass is 550 g/mol. The highest BCUT2D eigenvalue weighted by atomic mass is 35.5. The molecule has 1 aromatic heterocycles. The Morgan fingerprint density at radius 1 is 1.22 bits per heavy atom. The van der Waals surface area contributed by atoms with Crippen molar-refractivity contribution in [3.63, 3.8) is 0 Å². The lowest BCUT2D eigenvalue weighted by Gasteiger charge is -2.33. The topological polar surface area (TPSA) is 118 Å². The van der Waals surface area contributed by atoms with E-state index >= 15 is 0 Å². The van der Waals surface area contributed by atoms with Crippen LogP contribution < -0.4 is 25.0 Å². The molecule has 1 aliphatic heterocycles. The molecule has 0 saturated heterocycles. The minimum absolute atomic E-state index is 0.0618. The zero-order valence-electron chi connectivity index (χ0n) is 21.8. The van der Waals surface area contributed by atoms with Crippen LogP contribution in [0.1, 0.15) is 45.1 Å². The molecule has 12 heteroatoms. The van der Waals surface area contributed by atoms with E-state index in [2.05, 4.69) is 61.1 Å². The predicted molar refractivity (Wildman–Crippen MR) is 148 cm³/mol. The molecule has 0 bridgehead atoms. The SMILES string of the molecule is CCN1CCN(CC)c2cc(Nc3ncc(Cl)c(N[C@@H]4CCCC[C@@H]4CNS(=O)[O-])n3)c(OC)cc2C1. The summed E-state index contributed by atoms with van der Waals surface area (Å²) < 4.78 is 30.3. The Hall–Kier alpha value is -2.18. The Morgan fingerprint density at radius 2 is 2.03 bits per heavy atom. The molecule has 3 N–H and O–H groups in total. The lowest BCUT2D eigenvalue weighted by molar-refractivity contribution is 0.292. The average molecular weight is 551 g/mol. The molecule has 10 nitrogen and oxygen atoms in total. The van der Waals surface area contributed by atoms with Gasteiger partial charge in [-0.2, -0.15) is 4.98 Å². The number of nitrogens with zero attached hydrogens (tertiary/aromatic N) is 4. The summed E-state index contributed by atoms with van der Waals surface area (Å²) in [6.45, 7) is 9.52. The number of likely N-dealkylation sites (N-methyl/N-ethyl adjacent to an activating group) is 2. The summed E-state index contributed by atoms with van der Waals surface area (Å²) in [6.07, 6.45) is 5.57. The molecule has 0 spiro atoms. The van der Waals surface area contributed by atoms with Crippen LogP contribution in [0, 0.1) is 5.92 Å². The Kier molecular flexibility index (Phi) is 9.83. The number of anilines is 4.